The summed E-state index contributed by atoms with van der Waals surface area (Å²) in [4.78, 5) is 12.2. The second kappa shape index (κ2) is 5.34. The Balaban J connectivity index is 2.16. The normalized spacial score (nSPS) is 17.7. The van der Waals surface area contributed by atoms with Crippen molar-refractivity contribution in [1.29, 1.82) is 0 Å². The van der Waals surface area contributed by atoms with E-state index in [0.717, 1.165) is 33.5 Å². The first-order valence-corrected chi connectivity index (χ1v) is 7.39. The second-order valence-corrected chi connectivity index (χ2v) is 6.12. The molecule has 0 aromatic heterocycles. The van der Waals surface area contributed by atoms with Crippen molar-refractivity contribution in [2.75, 3.05) is 11.5 Å². The molecule has 1 nitrogen and oxygen atoms in total. The number of hydrogen-bond donors (Lipinski definition) is 0. The average Bonchev–Trinajstić information content (AvgIpc) is 2.30. The molecule has 80 valence electrons. The van der Waals surface area contributed by atoms with Crippen LogP contribution in [0.1, 0.15) is 23.2 Å². The third-order valence-corrected chi connectivity index (χ3v) is 4.72. The van der Waals surface area contributed by atoms with Crippen LogP contribution >= 0.6 is 34.4 Å². The highest BCUT2D eigenvalue weighted by Crippen LogP contribution is 2.27. The van der Waals surface area contributed by atoms with Crippen LogP contribution in [0.4, 0.5) is 0 Å². The smallest absolute Gasteiger partial charge is 0.167 e. The van der Waals surface area contributed by atoms with Crippen molar-refractivity contribution in [1.82, 2.24) is 0 Å². The van der Waals surface area contributed by atoms with E-state index in [1.54, 1.807) is 0 Å². The highest BCUT2D eigenvalue weighted by Gasteiger charge is 2.23. The number of ketones is 1. The molecule has 0 aliphatic carbocycles. The van der Waals surface area contributed by atoms with Gasteiger partial charge < -0.3 is 0 Å². The molecule has 1 saturated heterocycles. The highest BCUT2D eigenvalue weighted by molar-refractivity contribution is 14.1. The van der Waals surface area contributed by atoms with Gasteiger partial charge in [-0.2, -0.15) is 11.8 Å². The number of thioether (sulfide) groups is 1. The molecule has 1 aliphatic rings. The number of rotatable bonds is 2. The third kappa shape index (κ3) is 2.75. The second-order valence-electron chi connectivity index (χ2n) is 3.73. The van der Waals surface area contributed by atoms with Crippen LogP contribution in [0.5, 0.6) is 0 Å². The maximum absolute atomic E-state index is 12.2. The molecular weight excluding hydrogens is 319 g/mol. The lowest BCUT2D eigenvalue weighted by Gasteiger charge is -2.20. The number of hydrogen-bond acceptors (Lipinski definition) is 2. The number of carbonyl (C=O) groups is 1. The van der Waals surface area contributed by atoms with Crippen LogP contribution in [0.3, 0.4) is 0 Å². The van der Waals surface area contributed by atoms with Crippen molar-refractivity contribution in [3.05, 3.63) is 33.4 Å². The molecular formula is C12H13IOS. The summed E-state index contributed by atoms with van der Waals surface area (Å²) in [7, 11) is 0. The maximum Gasteiger partial charge on any atom is 0.167 e. The summed E-state index contributed by atoms with van der Waals surface area (Å²) in [5, 5.41) is 0. The Morgan fingerprint density at radius 1 is 1.27 bits per heavy atom. The van der Waals surface area contributed by atoms with Crippen LogP contribution in [-0.2, 0) is 0 Å². The molecule has 3 heteroatoms. The molecule has 1 aromatic carbocycles. The molecule has 1 heterocycles. The molecule has 15 heavy (non-hydrogen) atoms. The lowest BCUT2D eigenvalue weighted by Crippen LogP contribution is -2.20. The van der Waals surface area contributed by atoms with Gasteiger partial charge >= 0.3 is 0 Å². The topological polar surface area (TPSA) is 17.1 Å². The van der Waals surface area contributed by atoms with Gasteiger partial charge in [0, 0.05) is 15.1 Å². The fraction of sp³-hybridized carbons (Fsp3) is 0.417. The molecule has 2 rings (SSSR count). The fourth-order valence-electron chi connectivity index (χ4n) is 1.84. The first kappa shape index (κ1) is 11.5. The summed E-state index contributed by atoms with van der Waals surface area (Å²) in [5.41, 5.74) is 0.912. The van der Waals surface area contributed by atoms with E-state index in [4.69, 9.17) is 0 Å². The summed E-state index contributed by atoms with van der Waals surface area (Å²) in [6, 6.07) is 7.89. The molecule has 0 N–H and O–H groups in total. The Labute approximate surface area is 108 Å². The molecule has 0 saturated carbocycles. The van der Waals surface area contributed by atoms with E-state index >= 15 is 0 Å². The molecule has 0 amide bonds. The first-order chi connectivity index (χ1) is 7.29. The lowest BCUT2D eigenvalue weighted by molar-refractivity contribution is 0.0912. The lowest BCUT2D eigenvalue weighted by atomic mass is 9.93. The highest BCUT2D eigenvalue weighted by atomic mass is 127. The van der Waals surface area contributed by atoms with Crippen molar-refractivity contribution >= 4 is 40.1 Å². The van der Waals surface area contributed by atoms with E-state index in [-0.39, 0.29) is 5.92 Å². The number of Topliss-reactive ketones (excluding diaryl/α,β-unsaturated/α-hetero) is 1. The number of halogens is 1. The summed E-state index contributed by atoms with van der Waals surface area (Å²) in [5.74, 6) is 2.89. The van der Waals surface area contributed by atoms with Crippen LogP contribution < -0.4 is 0 Å². The number of carbonyl (C=O) groups excluding carboxylic acids is 1. The van der Waals surface area contributed by atoms with Gasteiger partial charge in [0.1, 0.15) is 0 Å². The molecule has 1 aliphatic heterocycles. The minimum Gasteiger partial charge on any atom is -0.294 e. The maximum atomic E-state index is 12.2. The Bertz CT molecular complexity index is 358. The summed E-state index contributed by atoms with van der Waals surface area (Å²) in [6.45, 7) is 0. The van der Waals surface area contributed by atoms with Crippen LogP contribution in [0.2, 0.25) is 0 Å². The summed E-state index contributed by atoms with van der Waals surface area (Å²) < 4.78 is 1.08. The largest absolute Gasteiger partial charge is 0.294 e. The molecule has 0 spiro atoms. The SMILES string of the molecule is O=C(c1ccccc1I)C1CCSCC1. The summed E-state index contributed by atoms with van der Waals surface area (Å²) >= 11 is 4.21. The predicted molar refractivity (Wildman–Crippen MR) is 73.5 cm³/mol. The zero-order chi connectivity index (χ0) is 10.7. The van der Waals surface area contributed by atoms with E-state index < -0.39 is 0 Å². The van der Waals surface area contributed by atoms with E-state index in [1.807, 2.05) is 36.0 Å². The van der Waals surface area contributed by atoms with Gasteiger partial charge in [-0.05, 0) is 53.0 Å². The van der Waals surface area contributed by atoms with Gasteiger partial charge in [-0.15, -0.1) is 0 Å². The molecule has 0 unspecified atom stereocenters. The van der Waals surface area contributed by atoms with Crippen LogP contribution in [0.25, 0.3) is 0 Å². The monoisotopic (exact) mass is 332 g/mol. The minimum atomic E-state index is 0.266. The molecule has 0 atom stereocenters. The van der Waals surface area contributed by atoms with E-state index in [2.05, 4.69) is 22.6 Å². The third-order valence-electron chi connectivity index (χ3n) is 2.73. The van der Waals surface area contributed by atoms with Gasteiger partial charge in [0.25, 0.3) is 0 Å². The van der Waals surface area contributed by atoms with Crippen molar-refractivity contribution in [3.63, 3.8) is 0 Å². The average molecular weight is 332 g/mol. The van der Waals surface area contributed by atoms with Gasteiger partial charge in [-0.3, -0.25) is 4.79 Å². The van der Waals surface area contributed by atoms with Gasteiger partial charge in [-0.1, -0.05) is 18.2 Å². The van der Waals surface area contributed by atoms with Crippen LogP contribution in [-0.4, -0.2) is 17.3 Å². The Morgan fingerprint density at radius 2 is 1.93 bits per heavy atom. The van der Waals surface area contributed by atoms with Crippen molar-refractivity contribution in [2.45, 2.75) is 12.8 Å². The minimum absolute atomic E-state index is 0.266. The predicted octanol–water partition coefficient (Wildman–Crippen LogP) is 3.62. The van der Waals surface area contributed by atoms with E-state index in [9.17, 15) is 4.79 Å². The van der Waals surface area contributed by atoms with E-state index in [0.29, 0.717) is 5.78 Å². The van der Waals surface area contributed by atoms with E-state index in [1.165, 1.54) is 0 Å². The van der Waals surface area contributed by atoms with Gasteiger partial charge in [0.2, 0.25) is 0 Å². The zero-order valence-corrected chi connectivity index (χ0v) is 11.4. The Morgan fingerprint density at radius 3 is 2.60 bits per heavy atom. The quantitative estimate of drug-likeness (QED) is 0.608. The molecule has 0 radical (unpaired) electrons. The number of benzene rings is 1. The van der Waals surface area contributed by atoms with Crippen molar-refractivity contribution in [2.24, 2.45) is 5.92 Å². The standard InChI is InChI=1S/C12H13IOS/c13-11-4-2-1-3-10(11)12(14)9-5-7-15-8-6-9/h1-4,9H,5-8H2. The van der Waals surface area contributed by atoms with Crippen LogP contribution in [0, 0.1) is 9.49 Å². The van der Waals surface area contributed by atoms with Crippen molar-refractivity contribution < 1.29 is 4.79 Å². The zero-order valence-electron chi connectivity index (χ0n) is 8.41. The van der Waals surface area contributed by atoms with Gasteiger partial charge in [-0.25, -0.2) is 0 Å². The van der Waals surface area contributed by atoms with Gasteiger partial charge in [0.15, 0.2) is 5.78 Å². The summed E-state index contributed by atoms with van der Waals surface area (Å²) in [6.07, 6.45) is 2.10. The molecule has 0 bridgehead atoms. The Hall–Kier alpha value is -0.0300. The van der Waals surface area contributed by atoms with Crippen LogP contribution in [0.15, 0.2) is 24.3 Å². The molecule has 1 fully saturated rings. The fourth-order valence-corrected chi connectivity index (χ4v) is 3.60. The van der Waals surface area contributed by atoms with Crippen molar-refractivity contribution in [3.8, 4) is 0 Å². The Kier molecular flexibility index (Phi) is 4.08. The first-order valence-electron chi connectivity index (χ1n) is 5.15. The van der Waals surface area contributed by atoms with Gasteiger partial charge in [0.05, 0.1) is 0 Å². The molecule has 1 aromatic rings.